The van der Waals surface area contributed by atoms with Crippen molar-refractivity contribution >= 4 is 33.1 Å². The smallest absolute Gasteiger partial charge is 0.323 e. The molecule has 6 rings (SSSR count). The van der Waals surface area contributed by atoms with Crippen LogP contribution < -0.4 is 15.5 Å². The first-order valence-corrected chi connectivity index (χ1v) is 14.8. The highest BCUT2D eigenvalue weighted by molar-refractivity contribution is 7.92. The van der Waals surface area contributed by atoms with Crippen molar-refractivity contribution in [3.8, 4) is 11.4 Å². The number of morpholine rings is 1. The Morgan fingerprint density at radius 3 is 2.51 bits per heavy atom. The van der Waals surface area contributed by atoms with E-state index in [1.165, 1.54) is 12.3 Å². The summed E-state index contributed by atoms with van der Waals surface area (Å²) in [7, 11) is -2.02. The minimum absolute atomic E-state index is 0.0407. The van der Waals surface area contributed by atoms with Crippen molar-refractivity contribution in [3.05, 3.63) is 72.8 Å². The monoisotopic (exact) mass is 574 g/mol. The number of aromatic nitrogens is 5. The number of benzene rings is 1. The lowest BCUT2D eigenvalue weighted by Crippen LogP contribution is -2.44. The Morgan fingerprint density at radius 1 is 1.07 bits per heavy atom. The van der Waals surface area contributed by atoms with Gasteiger partial charge in [-0.2, -0.15) is 5.10 Å². The van der Waals surface area contributed by atoms with Crippen LogP contribution in [0.3, 0.4) is 0 Å². The molecule has 0 radical (unpaired) electrons. The number of pyridine rings is 1. The van der Waals surface area contributed by atoms with Crippen LogP contribution in [-0.2, 0) is 26.4 Å². The number of rotatable bonds is 7. The fourth-order valence-electron chi connectivity index (χ4n) is 4.98. The largest absolute Gasteiger partial charge is 0.377 e. The van der Waals surface area contributed by atoms with Gasteiger partial charge in [0.1, 0.15) is 10.6 Å². The van der Waals surface area contributed by atoms with Crippen LogP contribution in [0.15, 0.2) is 72.1 Å². The van der Waals surface area contributed by atoms with Crippen LogP contribution in [0.1, 0.15) is 25.5 Å². The third kappa shape index (κ3) is 5.25. The Kier molecular flexibility index (Phi) is 6.91. The van der Waals surface area contributed by atoms with Crippen molar-refractivity contribution in [2.45, 2.75) is 35.6 Å². The number of ether oxygens (including phenoxy) is 1. The van der Waals surface area contributed by atoms with Gasteiger partial charge in [-0.05, 0) is 56.2 Å². The topological polar surface area (TPSA) is 144 Å². The standard InChI is InChI=1S/C28H30N8O4S/c1-19-18-40-14-13-36(19)24-15-23(28(10-11-28)41(38,39)25-5-3-4-12-29-25)33-26(34-24)20-6-8-21(9-7-20)31-27(37)32-22-16-30-35(2)17-22/h3-9,12,15-17,19H,10-11,13-14,18H2,1-2H3,(H2,31,32,37)/t19-/m0/s1. The maximum atomic E-state index is 13.8. The molecule has 2 fully saturated rings. The third-order valence-corrected chi connectivity index (χ3v) is 9.78. The number of carbonyl (C=O) groups is 1. The van der Waals surface area contributed by atoms with E-state index in [0.717, 1.165) is 0 Å². The van der Waals surface area contributed by atoms with Crippen molar-refractivity contribution < 1.29 is 17.9 Å². The summed E-state index contributed by atoms with van der Waals surface area (Å²) in [6, 6.07) is 13.5. The first-order valence-electron chi connectivity index (χ1n) is 13.3. The molecule has 212 valence electrons. The lowest BCUT2D eigenvalue weighted by molar-refractivity contribution is 0.0985. The minimum atomic E-state index is -3.79. The molecule has 13 heteroatoms. The second-order valence-corrected chi connectivity index (χ2v) is 12.5. The fraction of sp³-hybridized carbons (Fsp3) is 0.321. The normalized spacial score (nSPS) is 18.1. The van der Waals surface area contributed by atoms with Crippen molar-refractivity contribution in [1.29, 1.82) is 0 Å². The summed E-state index contributed by atoms with van der Waals surface area (Å²) in [4.78, 5) is 28.4. The van der Waals surface area contributed by atoms with Crippen LogP contribution in [0.2, 0.25) is 0 Å². The molecule has 2 amide bonds. The molecule has 1 saturated carbocycles. The van der Waals surface area contributed by atoms with E-state index in [-0.39, 0.29) is 11.1 Å². The molecule has 0 unspecified atom stereocenters. The molecule has 2 aliphatic rings. The maximum Gasteiger partial charge on any atom is 0.323 e. The van der Waals surface area contributed by atoms with Crippen molar-refractivity contribution in [1.82, 2.24) is 24.7 Å². The number of aryl methyl sites for hydroxylation is 1. The predicted molar refractivity (Wildman–Crippen MR) is 153 cm³/mol. The summed E-state index contributed by atoms with van der Waals surface area (Å²) >= 11 is 0. The Bertz CT molecular complexity index is 1670. The van der Waals surface area contributed by atoms with Gasteiger partial charge in [-0.25, -0.2) is 28.2 Å². The van der Waals surface area contributed by atoms with Crippen LogP contribution in [0.5, 0.6) is 0 Å². The molecule has 1 atom stereocenters. The number of urea groups is 1. The first kappa shape index (κ1) is 26.8. The van der Waals surface area contributed by atoms with Crippen LogP contribution in [0.25, 0.3) is 11.4 Å². The van der Waals surface area contributed by atoms with Crippen LogP contribution in [-0.4, -0.2) is 65.0 Å². The highest BCUT2D eigenvalue weighted by Gasteiger charge is 2.58. The lowest BCUT2D eigenvalue weighted by Gasteiger charge is -2.34. The molecule has 1 aliphatic carbocycles. The van der Waals surface area contributed by atoms with Gasteiger partial charge in [0.15, 0.2) is 10.9 Å². The SMILES string of the molecule is C[C@H]1COCCN1c1cc(C2(S(=O)(=O)c3ccccn3)CC2)nc(-c2ccc(NC(=O)Nc3cnn(C)c3)cc2)n1. The van der Waals surface area contributed by atoms with Crippen LogP contribution >= 0.6 is 0 Å². The Hall–Kier alpha value is -4.36. The lowest BCUT2D eigenvalue weighted by atomic mass is 10.1. The number of hydrogen-bond donors (Lipinski definition) is 2. The average Bonchev–Trinajstić information content (AvgIpc) is 3.71. The van der Waals surface area contributed by atoms with E-state index in [0.29, 0.717) is 66.9 Å². The van der Waals surface area contributed by atoms with Gasteiger partial charge in [0.25, 0.3) is 0 Å². The maximum absolute atomic E-state index is 13.8. The zero-order valence-electron chi connectivity index (χ0n) is 22.7. The van der Waals surface area contributed by atoms with Crippen LogP contribution in [0.4, 0.5) is 22.0 Å². The van der Waals surface area contributed by atoms with Crippen molar-refractivity contribution in [3.63, 3.8) is 0 Å². The van der Waals surface area contributed by atoms with E-state index in [1.807, 2.05) is 0 Å². The Labute approximate surface area is 237 Å². The molecule has 1 saturated heterocycles. The van der Waals surface area contributed by atoms with E-state index in [2.05, 4.69) is 32.5 Å². The second-order valence-electron chi connectivity index (χ2n) is 10.3. The summed E-state index contributed by atoms with van der Waals surface area (Å²) in [5, 5.41) is 9.60. The Balaban J connectivity index is 1.33. The van der Waals surface area contributed by atoms with Gasteiger partial charge in [-0.3, -0.25) is 4.68 Å². The molecular formula is C28H30N8O4S. The van der Waals surface area contributed by atoms with Gasteiger partial charge in [0.05, 0.1) is 36.8 Å². The molecule has 12 nitrogen and oxygen atoms in total. The molecule has 1 aromatic carbocycles. The number of hydrogen-bond acceptors (Lipinski definition) is 9. The zero-order valence-corrected chi connectivity index (χ0v) is 23.5. The van der Waals surface area contributed by atoms with Gasteiger partial charge < -0.3 is 20.3 Å². The first-order chi connectivity index (χ1) is 19.7. The molecular weight excluding hydrogens is 544 g/mol. The number of nitrogens with zero attached hydrogens (tertiary/aromatic N) is 6. The van der Waals surface area contributed by atoms with Gasteiger partial charge in [0, 0.05) is 43.3 Å². The quantitative estimate of drug-likeness (QED) is 0.338. The predicted octanol–water partition coefficient (Wildman–Crippen LogP) is 3.60. The van der Waals surface area contributed by atoms with Crippen LogP contribution in [0, 0.1) is 0 Å². The molecule has 1 aliphatic heterocycles. The molecule has 4 aromatic rings. The van der Waals surface area contributed by atoms with E-state index >= 15 is 0 Å². The highest BCUT2D eigenvalue weighted by Crippen LogP contribution is 2.54. The van der Waals surface area contributed by atoms with E-state index in [4.69, 9.17) is 14.7 Å². The third-order valence-electron chi connectivity index (χ3n) is 7.34. The van der Waals surface area contributed by atoms with Crippen molar-refractivity contribution in [2.24, 2.45) is 7.05 Å². The summed E-state index contributed by atoms with van der Waals surface area (Å²) in [5.41, 5.74) is 2.30. The summed E-state index contributed by atoms with van der Waals surface area (Å²) in [6.45, 7) is 3.78. The van der Waals surface area contributed by atoms with Gasteiger partial charge in [-0.1, -0.05) is 6.07 Å². The summed E-state index contributed by atoms with van der Waals surface area (Å²) < 4.78 is 33.6. The molecule has 2 N–H and O–H groups in total. The zero-order chi connectivity index (χ0) is 28.6. The van der Waals surface area contributed by atoms with E-state index < -0.39 is 20.6 Å². The molecule has 0 bridgehead atoms. The van der Waals surface area contributed by atoms with E-state index in [1.54, 1.807) is 66.6 Å². The minimum Gasteiger partial charge on any atom is -0.377 e. The number of carbonyl (C=O) groups excluding carboxylic acids is 1. The summed E-state index contributed by atoms with van der Waals surface area (Å²) in [5.74, 6) is 1.06. The molecule has 41 heavy (non-hydrogen) atoms. The number of amides is 2. The Morgan fingerprint density at radius 2 is 1.85 bits per heavy atom. The number of nitrogens with one attached hydrogen (secondary N) is 2. The number of sulfone groups is 1. The highest BCUT2D eigenvalue weighted by atomic mass is 32.2. The van der Waals surface area contributed by atoms with Crippen molar-refractivity contribution in [2.75, 3.05) is 35.3 Å². The van der Waals surface area contributed by atoms with Gasteiger partial charge in [-0.15, -0.1) is 0 Å². The molecule has 4 heterocycles. The summed E-state index contributed by atoms with van der Waals surface area (Å²) in [6.07, 6.45) is 5.65. The van der Waals surface area contributed by atoms with E-state index in [9.17, 15) is 13.2 Å². The second kappa shape index (κ2) is 10.6. The molecule has 3 aromatic heterocycles. The fourth-order valence-corrected chi connectivity index (χ4v) is 6.85. The number of anilines is 3. The van der Waals surface area contributed by atoms with Gasteiger partial charge in [0.2, 0.25) is 9.84 Å². The molecule has 0 spiro atoms. The average molecular weight is 575 g/mol. The van der Waals surface area contributed by atoms with Gasteiger partial charge >= 0.3 is 6.03 Å².